The minimum absolute atomic E-state index is 0.229. The molecule has 0 saturated heterocycles. The summed E-state index contributed by atoms with van der Waals surface area (Å²) in [5.74, 6) is -2.13. The predicted molar refractivity (Wildman–Crippen MR) is 109 cm³/mol. The summed E-state index contributed by atoms with van der Waals surface area (Å²) in [4.78, 5) is 12.6. The summed E-state index contributed by atoms with van der Waals surface area (Å²) in [6.45, 7) is 3.08. The molecule has 4 heterocycles. The molecular weight excluding hydrogens is 386 g/mol. The highest BCUT2D eigenvalue weighted by atomic mass is 19.2. The van der Waals surface area contributed by atoms with Crippen LogP contribution in [0.5, 0.6) is 0 Å². The minimum atomic E-state index is -1.14. The maximum absolute atomic E-state index is 14.1. The number of aryl methyl sites for hydroxylation is 1. The molecule has 0 bridgehead atoms. The van der Waals surface area contributed by atoms with E-state index in [9.17, 15) is 8.78 Å². The summed E-state index contributed by atoms with van der Waals surface area (Å²) >= 11 is 0. The highest BCUT2D eigenvalue weighted by molar-refractivity contribution is 5.84. The average Bonchev–Trinajstić information content (AvgIpc) is 3.45. The van der Waals surface area contributed by atoms with Crippen LogP contribution < -0.4 is 0 Å². The molecule has 0 amide bonds. The van der Waals surface area contributed by atoms with E-state index in [2.05, 4.69) is 27.0 Å². The normalized spacial score (nSPS) is 15.9. The van der Waals surface area contributed by atoms with E-state index in [1.807, 2.05) is 17.9 Å². The van der Waals surface area contributed by atoms with E-state index >= 15 is 0 Å². The summed E-state index contributed by atoms with van der Waals surface area (Å²) in [6, 6.07) is 2.97. The zero-order valence-electron chi connectivity index (χ0n) is 16.9. The molecule has 1 aliphatic carbocycles. The fourth-order valence-corrected chi connectivity index (χ4v) is 4.42. The molecule has 1 fully saturated rings. The van der Waals surface area contributed by atoms with E-state index in [4.69, 9.17) is 0 Å². The van der Waals surface area contributed by atoms with Crippen LogP contribution in [0.2, 0.25) is 0 Å². The third kappa shape index (κ3) is 3.26. The molecule has 154 valence electrons. The average molecular weight is 408 g/mol. The molecule has 4 aromatic heterocycles. The molecule has 1 saturated carbocycles. The van der Waals surface area contributed by atoms with E-state index in [1.165, 1.54) is 31.7 Å². The van der Waals surface area contributed by atoms with Gasteiger partial charge in [-0.15, -0.1) is 0 Å². The molecule has 5 rings (SSSR count). The van der Waals surface area contributed by atoms with E-state index in [1.54, 1.807) is 29.4 Å². The monoisotopic (exact) mass is 408 g/mol. The molecular formula is C22H22F2N6. The molecule has 0 atom stereocenters. The topological polar surface area (TPSA) is 61.4 Å². The van der Waals surface area contributed by atoms with Crippen molar-refractivity contribution in [3.05, 3.63) is 48.8 Å². The molecule has 8 heteroatoms. The Morgan fingerprint density at radius 3 is 2.67 bits per heavy atom. The van der Waals surface area contributed by atoms with Gasteiger partial charge in [-0.05, 0) is 30.4 Å². The highest BCUT2D eigenvalue weighted by Crippen LogP contribution is 2.39. The number of halogens is 2. The van der Waals surface area contributed by atoms with Gasteiger partial charge in [-0.3, -0.25) is 4.68 Å². The Labute approximate surface area is 172 Å². The van der Waals surface area contributed by atoms with Crippen LogP contribution in [0, 0.1) is 17.2 Å². The van der Waals surface area contributed by atoms with E-state index in [-0.39, 0.29) is 5.41 Å². The molecule has 0 radical (unpaired) electrons. The van der Waals surface area contributed by atoms with Crippen LogP contribution in [0.3, 0.4) is 0 Å². The van der Waals surface area contributed by atoms with Crippen molar-refractivity contribution in [2.75, 3.05) is 0 Å². The summed E-state index contributed by atoms with van der Waals surface area (Å²) in [5, 5.41) is 4.48. The number of fused-ring (bicyclic) bond motifs is 1. The Kier molecular flexibility index (Phi) is 4.38. The lowest BCUT2D eigenvalue weighted by atomic mass is 9.89. The number of hydrogen-bond acceptors (Lipinski definition) is 4. The summed E-state index contributed by atoms with van der Waals surface area (Å²) in [6.07, 6.45) is 11.7. The van der Waals surface area contributed by atoms with Gasteiger partial charge in [0, 0.05) is 42.7 Å². The summed E-state index contributed by atoms with van der Waals surface area (Å²) < 4.78 is 31.9. The maximum Gasteiger partial charge on any atom is 0.249 e. The van der Waals surface area contributed by atoms with Crippen LogP contribution in [-0.4, -0.2) is 29.3 Å². The van der Waals surface area contributed by atoms with Gasteiger partial charge in [-0.1, -0.05) is 19.8 Å². The van der Waals surface area contributed by atoms with Crippen molar-refractivity contribution < 1.29 is 8.78 Å². The summed E-state index contributed by atoms with van der Waals surface area (Å²) in [5.41, 5.74) is 3.67. The van der Waals surface area contributed by atoms with Gasteiger partial charge in [-0.25, -0.2) is 19.3 Å². The standard InChI is InChI=1S/C22H22F2N6/c1-22(5-3-4-6-22)12-30-11-15(10-27-30)16-8-17(23)20(24)28-19(16)14-7-18-21(25-9-14)29(2)13-26-18/h7-11,13H,3-6,12H2,1-2H3. The first-order chi connectivity index (χ1) is 14.4. The van der Waals surface area contributed by atoms with Gasteiger partial charge in [0.05, 0.1) is 18.2 Å². The second kappa shape index (κ2) is 6.97. The second-order valence-electron chi connectivity index (χ2n) is 8.52. The van der Waals surface area contributed by atoms with Crippen LogP contribution in [0.15, 0.2) is 37.1 Å². The molecule has 4 aromatic rings. The first-order valence-electron chi connectivity index (χ1n) is 10.1. The number of nitrogens with zero attached hydrogens (tertiary/aromatic N) is 6. The van der Waals surface area contributed by atoms with Gasteiger partial charge in [0.25, 0.3) is 0 Å². The van der Waals surface area contributed by atoms with Crippen LogP contribution in [0.25, 0.3) is 33.5 Å². The van der Waals surface area contributed by atoms with Crippen LogP contribution in [0.1, 0.15) is 32.6 Å². The highest BCUT2D eigenvalue weighted by Gasteiger charge is 2.29. The van der Waals surface area contributed by atoms with Crippen molar-refractivity contribution in [1.29, 1.82) is 0 Å². The van der Waals surface area contributed by atoms with Gasteiger partial charge in [0.15, 0.2) is 11.5 Å². The smallest absolute Gasteiger partial charge is 0.249 e. The second-order valence-corrected chi connectivity index (χ2v) is 8.52. The first-order valence-corrected chi connectivity index (χ1v) is 10.1. The lowest BCUT2D eigenvalue weighted by molar-refractivity contribution is 0.268. The van der Waals surface area contributed by atoms with E-state index in [0.29, 0.717) is 33.5 Å². The van der Waals surface area contributed by atoms with Gasteiger partial charge < -0.3 is 4.57 Å². The quantitative estimate of drug-likeness (QED) is 0.457. The van der Waals surface area contributed by atoms with Gasteiger partial charge in [-0.2, -0.15) is 9.49 Å². The van der Waals surface area contributed by atoms with Crippen molar-refractivity contribution >= 4 is 11.2 Å². The number of rotatable bonds is 4. The fraction of sp³-hybridized carbons (Fsp3) is 0.364. The third-order valence-corrected chi connectivity index (χ3v) is 6.06. The number of hydrogen-bond donors (Lipinski definition) is 0. The Morgan fingerprint density at radius 2 is 1.87 bits per heavy atom. The Morgan fingerprint density at radius 1 is 1.07 bits per heavy atom. The lowest BCUT2D eigenvalue weighted by Gasteiger charge is -2.22. The van der Waals surface area contributed by atoms with E-state index in [0.717, 1.165) is 6.54 Å². The summed E-state index contributed by atoms with van der Waals surface area (Å²) in [7, 11) is 1.85. The predicted octanol–water partition coefficient (Wildman–Crippen LogP) is 4.75. The van der Waals surface area contributed by atoms with E-state index < -0.39 is 11.8 Å². The van der Waals surface area contributed by atoms with Crippen LogP contribution in [-0.2, 0) is 13.6 Å². The minimum Gasteiger partial charge on any atom is -0.318 e. The molecule has 6 nitrogen and oxygen atoms in total. The van der Waals surface area contributed by atoms with Gasteiger partial charge >= 0.3 is 0 Å². The lowest BCUT2D eigenvalue weighted by Crippen LogP contribution is -2.19. The van der Waals surface area contributed by atoms with Crippen LogP contribution in [0.4, 0.5) is 8.78 Å². The molecule has 0 N–H and O–H groups in total. The van der Waals surface area contributed by atoms with Crippen LogP contribution >= 0.6 is 0 Å². The third-order valence-electron chi connectivity index (χ3n) is 6.06. The number of imidazole rings is 1. The molecule has 0 aliphatic heterocycles. The molecule has 0 spiro atoms. The Balaban J connectivity index is 1.57. The number of pyridine rings is 2. The Hall–Kier alpha value is -3.16. The Bertz CT molecular complexity index is 1240. The van der Waals surface area contributed by atoms with Crippen molar-refractivity contribution in [2.45, 2.75) is 39.2 Å². The van der Waals surface area contributed by atoms with Gasteiger partial charge in [0.1, 0.15) is 5.52 Å². The van der Waals surface area contributed by atoms with Crippen molar-refractivity contribution in [1.82, 2.24) is 29.3 Å². The fourth-order valence-electron chi connectivity index (χ4n) is 4.42. The molecule has 0 unspecified atom stereocenters. The first kappa shape index (κ1) is 18.8. The largest absolute Gasteiger partial charge is 0.318 e. The number of aromatic nitrogens is 6. The SMILES string of the molecule is Cn1cnc2cc(-c3nc(F)c(F)cc3-c3cnn(CC4(C)CCCC4)c3)cnc21. The molecule has 30 heavy (non-hydrogen) atoms. The van der Waals surface area contributed by atoms with Crippen molar-refractivity contribution in [3.8, 4) is 22.4 Å². The molecule has 1 aliphatic rings. The van der Waals surface area contributed by atoms with Crippen molar-refractivity contribution in [2.24, 2.45) is 12.5 Å². The maximum atomic E-state index is 14.1. The van der Waals surface area contributed by atoms with Gasteiger partial charge in [0.2, 0.25) is 5.95 Å². The zero-order chi connectivity index (χ0) is 20.9. The molecule has 0 aromatic carbocycles. The van der Waals surface area contributed by atoms with Crippen molar-refractivity contribution in [3.63, 3.8) is 0 Å². The zero-order valence-corrected chi connectivity index (χ0v) is 16.9.